The summed E-state index contributed by atoms with van der Waals surface area (Å²) >= 11 is 0. The van der Waals surface area contributed by atoms with Gasteiger partial charge in [0.1, 0.15) is 0 Å². The number of hydrogen-bond donors (Lipinski definition) is 2. The van der Waals surface area contributed by atoms with Gasteiger partial charge in [0.2, 0.25) is 5.91 Å². The second kappa shape index (κ2) is 8.49. The molecule has 3 aromatic carbocycles. The topological polar surface area (TPSA) is 65.2 Å². The van der Waals surface area contributed by atoms with E-state index < -0.39 is 6.04 Å². The Balaban J connectivity index is 1.53. The lowest BCUT2D eigenvalue weighted by Crippen LogP contribution is -2.48. The molecule has 0 radical (unpaired) electrons. The highest BCUT2D eigenvalue weighted by Crippen LogP contribution is 2.48. The molecule has 0 bridgehead atoms. The molecule has 1 atom stereocenters. The van der Waals surface area contributed by atoms with Crippen LogP contribution in [-0.2, 0) is 4.79 Å². The van der Waals surface area contributed by atoms with Gasteiger partial charge in [-0.25, -0.2) is 0 Å². The van der Waals surface area contributed by atoms with Gasteiger partial charge < -0.3 is 10.3 Å². The minimum Gasteiger partial charge on any atom is -0.356 e. The summed E-state index contributed by atoms with van der Waals surface area (Å²) in [7, 11) is 0. The second-order valence-electron chi connectivity index (χ2n) is 9.26. The number of H-pyrrole nitrogens is 1. The molecule has 1 aliphatic heterocycles. The summed E-state index contributed by atoms with van der Waals surface area (Å²) in [5, 5.41) is 4.35. The number of aromatic amines is 1. The van der Waals surface area contributed by atoms with Gasteiger partial charge in [-0.3, -0.25) is 14.5 Å². The number of amides is 2. The molecule has 2 amide bonds. The lowest BCUT2D eigenvalue weighted by molar-refractivity contribution is -0.123. The number of hydrogen-bond acceptors (Lipinski definition) is 2. The van der Waals surface area contributed by atoms with Crippen LogP contribution in [-0.4, -0.2) is 22.8 Å². The fourth-order valence-corrected chi connectivity index (χ4v) is 5.54. The standard InChI is InChI=1S/C29H27N3O2/c33-28(30-20-13-5-2-6-14-20)27-26-25(21-15-7-9-17-23(21)31-26)22-16-8-10-18-24(22)32(27)29(34)19-11-3-1-4-12-19/h1,3-4,7-12,15-18,20,27,31H,2,5-6,13-14H2,(H,30,33). The van der Waals surface area contributed by atoms with E-state index in [1.807, 2.05) is 72.8 Å². The van der Waals surface area contributed by atoms with Crippen LogP contribution in [0.25, 0.3) is 22.0 Å². The first-order valence-electron chi connectivity index (χ1n) is 12.1. The first-order valence-corrected chi connectivity index (χ1v) is 12.1. The molecule has 5 nitrogen and oxygen atoms in total. The highest BCUT2D eigenvalue weighted by atomic mass is 16.2. The average molecular weight is 450 g/mol. The maximum absolute atomic E-state index is 13.9. The van der Waals surface area contributed by atoms with Gasteiger partial charge in [-0.1, -0.05) is 73.9 Å². The van der Waals surface area contributed by atoms with Crippen molar-refractivity contribution >= 4 is 28.4 Å². The highest BCUT2D eigenvalue weighted by Gasteiger charge is 2.42. The number of carbonyl (C=O) groups is 2. The van der Waals surface area contributed by atoms with Crippen LogP contribution >= 0.6 is 0 Å². The van der Waals surface area contributed by atoms with E-state index in [4.69, 9.17) is 0 Å². The summed E-state index contributed by atoms with van der Waals surface area (Å²) in [6, 6.07) is 24.6. The van der Waals surface area contributed by atoms with Crippen LogP contribution in [0.15, 0.2) is 78.9 Å². The number of para-hydroxylation sites is 2. The van der Waals surface area contributed by atoms with Crippen LogP contribution in [0.3, 0.4) is 0 Å². The van der Waals surface area contributed by atoms with E-state index in [1.165, 1.54) is 6.42 Å². The quantitative estimate of drug-likeness (QED) is 0.404. The van der Waals surface area contributed by atoms with Crippen LogP contribution in [0.4, 0.5) is 5.69 Å². The van der Waals surface area contributed by atoms with Crippen LogP contribution < -0.4 is 10.2 Å². The van der Waals surface area contributed by atoms with Crippen molar-refractivity contribution < 1.29 is 9.59 Å². The van der Waals surface area contributed by atoms with Gasteiger partial charge in [-0.2, -0.15) is 0 Å². The molecular weight excluding hydrogens is 422 g/mol. The second-order valence-corrected chi connectivity index (χ2v) is 9.26. The minimum absolute atomic E-state index is 0.126. The van der Waals surface area contributed by atoms with Crippen molar-refractivity contribution in [1.82, 2.24) is 10.3 Å². The van der Waals surface area contributed by atoms with E-state index in [0.717, 1.165) is 59.1 Å². The third kappa shape index (κ3) is 3.39. The van der Waals surface area contributed by atoms with Crippen LogP contribution in [0.1, 0.15) is 54.2 Å². The Kier molecular flexibility index (Phi) is 5.17. The predicted octanol–water partition coefficient (Wildman–Crippen LogP) is 5.99. The Bertz CT molecular complexity index is 1370. The Morgan fingerprint density at radius 1 is 0.824 bits per heavy atom. The molecule has 6 rings (SSSR count). The van der Waals surface area contributed by atoms with E-state index in [0.29, 0.717) is 5.56 Å². The highest BCUT2D eigenvalue weighted by molar-refractivity contribution is 6.16. The number of carbonyl (C=O) groups excluding carboxylic acids is 2. The van der Waals surface area contributed by atoms with Crippen LogP contribution in [0, 0.1) is 0 Å². The van der Waals surface area contributed by atoms with Gasteiger partial charge in [0.25, 0.3) is 5.91 Å². The fourth-order valence-electron chi connectivity index (χ4n) is 5.54. The van der Waals surface area contributed by atoms with Crippen LogP contribution in [0.5, 0.6) is 0 Å². The maximum Gasteiger partial charge on any atom is 0.259 e. The molecule has 1 fully saturated rings. The van der Waals surface area contributed by atoms with Gasteiger partial charge in [-0.05, 0) is 37.1 Å². The average Bonchev–Trinajstić information content (AvgIpc) is 3.28. The third-order valence-electron chi connectivity index (χ3n) is 7.14. The Hall–Kier alpha value is -3.86. The van der Waals surface area contributed by atoms with Crippen molar-refractivity contribution in [2.45, 2.75) is 44.2 Å². The van der Waals surface area contributed by atoms with E-state index in [2.05, 4.69) is 16.4 Å². The zero-order valence-corrected chi connectivity index (χ0v) is 19.0. The fraction of sp³-hybridized carbons (Fsp3) is 0.241. The van der Waals surface area contributed by atoms with E-state index in [-0.39, 0.29) is 17.9 Å². The first kappa shape index (κ1) is 20.7. The molecule has 0 saturated heterocycles. The van der Waals surface area contributed by atoms with Gasteiger partial charge in [-0.15, -0.1) is 0 Å². The van der Waals surface area contributed by atoms with Crippen molar-refractivity contribution in [3.05, 3.63) is 90.1 Å². The lowest BCUT2D eigenvalue weighted by atomic mass is 9.89. The molecule has 2 heterocycles. The van der Waals surface area contributed by atoms with Gasteiger partial charge in [0.15, 0.2) is 6.04 Å². The summed E-state index contributed by atoms with van der Waals surface area (Å²) in [5.41, 5.74) is 5.03. The van der Waals surface area contributed by atoms with E-state index >= 15 is 0 Å². The molecule has 2 N–H and O–H groups in total. The first-order chi connectivity index (χ1) is 16.7. The number of aromatic nitrogens is 1. The Morgan fingerprint density at radius 2 is 1.53 bits per heavy atom. The Labute approximate surface area is 198 Å². The number of nitrogens with one attached hydrogen (secondary N) is 2. The largest absolute Gasteiger partial charge is 0.356 e. The molecule has 1 aliphatic carbocycles. The molecule has 1 aromatic heterocycles. The lowest BCUT2D eigenvalue weighted by Gasteiger charge is -2.37. The molecule has 2 aliphatic rings. The van der Waals surface area contributed by atoms with Crippen molar-refractivity contribution in [2.24, 2.45) is 0 Å². The molecule has 34 heavy (non-hydrogen) atoms. The molecule has 5 heteroatoms. The number of fused-ring (bicyclic) bond motifs is 5. The van der Waals surface area contributed by atoms with Crippen molar-refractivity contribution in [3.8, 4) is 11.1 Å². The molecule has 170 valence electrons. The van der Waals surface area contributed by atoms with E-state index in [1.54, 1.807) is 4.90 Å². The summed E-state index contributed by atoms with van der Waals surface area (Å²) in [5.74, 6) is -0.306. The molecule has 1 unspecified atom stereocenters. The molecule has 0 spiro atoms. The van der Waals surface area contributed by atoms with Crippen molar-refractivity contribution in [2.75, 3.05) is 4.90 Å². The monoisotopic (exact) mass is 449 g/mol. The van der Waals surface area contributed by atoms with Crippen molar-refractivity contribution in [3.63, 3.8) is 0 Å². The maximum atomic E-state index is 13.9. The van der Waals surface area contributed by atoms with Gasteiger partial charge in [0.05, 0.1) is 11.4 Å². The Morgan fingerprint density at radius 3 is 2.35 bits per heavy atom. The zero-order valence-electron chi connectivity index (χ0n) is 19.0. The zero-order chi connectivity index (χ0) is 23.1. The third-order valence-corrected chi connectivity index (χ3v) is 7.14. The molecule has 4 aromatic rings. The number of nitrogens with zero attached hydrogens (tertiary/aromatic N) is 1. The van der Waals surface area contributed by atoms with Crippen molar-refractivity contribution in [1.29, 1.82) is 0 Å². The smallest absolute Gasteiger partial charge is 0.259 e. The SMILES string of the molecule is O=C(NC1CCCCC1)C1c2[nH]c3ccccc3c2-c2ccccc2N1C(=O)c1ccccc1. The summed E-state index contributed by atoms with van der Waals surface area (Å²) in [6.07, 6.45) is 5.45. The van der Waals surface area contributed by atoms with E-state index in [9.17, 15) is 9.59 Å². The molecular formula is C29H27N3O2. The number of rotatable bonds is 3. The minimum atomic E-state index is -0.771. The summed E-state index contributed by atoms with van der Waals surface area (Å²) in [4.78, 5) is 33.1. The summed E-state index contributed by atoms with van der Waals surface area (Å²) < 4.78 is 0. The molecule has 1 saturated carbocycles. The normalized spacial score (nSPS) is 17.8. The van der Waals surface area contributed by atoms with Gasteiger partial charge in [0, 0.05) is 33.6 Å². The number of benzene rings is 3. The van der Waals surface area contributed by atoms with Crippen LogP contribution in [0.2, 0.25) is 0 Å². The number of anilines is 1. The van der Waals surface area contributed by atoms with Gasteiger partial charge >= 0.3 is 0 Å². The predicted molar refractivity (Wildman–Crippen MR) is 135 cm³/mol. The summed E-state index contributed by atoms with van der Waals surface area (Å²) in [6.45, 7) is 0.